The number of aromatic nitrogens is 1. The van der Waals surface area contributed by atoms with Crippen LogP contribution in [0.1, 0.15) is 30.7 Å². The average Bonchev–Trinajstić information content (AvgIpc) is 3.06. The van der Waals surface area contributed by atoms with Crippen molar-refractivity contribution in [3.05, 3.63) is 16.1 Å². The van der Waals surface area contributed by atoms with E-state index in [9.17, 15) is 0 Å². The Morgan fingerprint density at radius 1 is 1.35 bits per heavy atom. The molecule has 7 nitrogen and oxygen atoms in total. The van der Waals surface area contributed by atoms with Gasteiger partial charge in [0.25, 0.3) is 0 Å². The fourth-order valence-corrected chi connectivity index (χ4v) is 3.00. The van der Waals surface area contributed by atoms with Gasteiger partial charge < -0.3 is 24.6 Å². The SMILES string of the molecule is CCNC(=NCCN(C)CCOC)N(C)Cc1csc(C(C)OC)n1.I. The summed E-state index contributed by atoms with van der Waals surface area (Å²) < 4.78 is 10.4. The average molecular weight is 499 g/mol. The summed E-state index contributed by atoms with van der Waals surface area (Å²) >= 11 is 1.64. The van der Waals surface area contributed by atoms with Crippen molar-refractivity contribution >= 4 is 41.3 Å². The molecule has 0 amide bonds. The number of hydrogen-bond donors (Lipinski definition) is 1. The zero-order chi connectivity index (χ0) is 18.7. The van der Waals surface area contributed by atoms with E-state index in [1.165, 1.54) is 0 Å². The van der Waals surface area contributed by atoms with Crippen molar-refractivity contribution in [1.82, 2.24) is 20.1 Å². The van der Waals surface area contributed by atoms with E-state index >= 15 is 0 Å². The highest BCUT2D eigenvalue weighted by Crippen LogP contribution is 2.20. The van der Waals surface area contributed by atoms with E-state index in [1.807, 2.05) is 14.0 Å². The molecule has 1 atom stereocenters. The zero-order valence-corrected chi connectivity index (χ0v) is 20.0. The van der Waals surface area contributed by atoms with Gasteiger partial charge >= 0.3 is 0 Å². The van der Waals surface area contributed by atoms with Gasteiger partial charge in [-0.05, 0) is 20.9 Å². The number of likely N-dealkylation sites (N-methyl/N-ethyl adjacent to an activating group) is 1. The maximum absolute atomic E-state index is 5.33. The Balaban J connectivity index is 0.00000625. The molecule has 0 saturated heterocycles. The minimum absolute atomic E-state index is 0. The Kier molecular flexibility index (Phi) is 14.3. The monoisotopic (exact) mass is 499 g/mol. The van der Waals surface area contributed by atoms with Crippen LogP contribution in [0.5, 0.6) is 0 Å². The highest BCUT2D eigenvalue weighted by molar-refractivity contribution is 14.0. The standard InChI is InChI=1S/C17H33N5O2S.HI/c1-7-18-17(19-8-9-21(3)10-11-23-5)22(4)12-15-13-25-16(20-15)14(2)24-6;/h13-14H,7-12H2,1-6H3,(H,18,19);1H. The number of nitrogens with zero attached hydrogens (tertiary/aromatic N) is 4. The van der Waals surface area contributed by atoms with Crippen LogP contribution in [0.15, 0.2) is 10.4 Å². The summed E-state index contributed by atoms with van der Waals surface area (Å²) in [4.78, 5) is 13.7. The van der Waals surface area contributed by atoms with Crippen molar-refractivity contribution in [2.45, 2.75) is 26.5 Å². The number of ether oxygens (including phenoxy) is 2. The molecule has 1 heterocycles. The number of halogens is 1. The van der Waals surface area contributed by atoms with E-state index in [2.05, 4.69) is 39.5 Å². The van der Waals surface area contributed by atoms with Gasteiger partial charge in [-0.15, -0.1) is 35.3 Å². The molecule has 26 heavy (non-hydrogen) atoms. The Hall–Kier alpha value is -0.490. The molecule has 1 aromatic rings. The third-order valence-electron chi connectivity index (χ3n) is 3.79. The number of nitrogens with one attached hydrogen (secondary N) is 1. The van der Waals surface area contributed by atoms with Gasteiger partial charge in [-0.1, -0.05) is 0 Å². The van der Waals surface area contributed by atoms with Gasteiger partial charge in [0.2, 0.25) is 0 Å². The van der Waals surface area contributed by atoms with Crippen LogP contribution in [0.2, 0.25) is 0 Å². The third kappa shape index (κ3) is 9.45. The van der Waals surface area contributed by atoms with Crippen LogP contribution in [0.25, 0.3) is 0 Å². The molecule has 0 spiro atoms. The van der Waals surface area contributed by atoms with Crippen LogP contribution in [-0.4, -0.2) is 81.8 Å². The largest absolute Gasteiger partial charge is 0.383 e. The second-order valence-electron chi connectivity index (χ2n) is 5.94. The predicted molar refractivity (Wildman–Crippen MR) is 120 cm³/mol. The first kappa shape index (κ1) is 25.5. The molecule has 0 aliphatic heterocycles. The molecule has 0 radical (unpaired) electrons. The van der Waals surface area contributed by atoms with Crippen LogP contribution in [-0.2, 0) is 16.0 Å². The summed E-state index contributed by atoms with van der Waals surface area (Å²) in [5.74, 6) is 0.900. The van der Waals surface area contributed by atoms with Gasteiger partial charge in [0.15, 0.2) is 5.96 Å². The molecule has 0 bridgehead atoms. The number of aliphatic imine (C=N–C) groups is 1. The summed E-state index contributed by atoms with van der Waals surface area (Å²) in [5.41, 5.74) is 1.04. The Morgan fingerprint density at radius 2 is 2.08 bits per heavy atom. The van der Waals surface area contributed by atoms with Crippen molar-refractivity contribution in [3.63, 3.8) is 0 Å². The quantitative estimate of drug-likeness (QED) is 0.287. The van der Waals surface area contributed by atoms with Gasteiger partial charge in [0.05, 0.1) is 25.4 Å². The van der Waals surface area contributed by atoms with Crippen molar-refractivity contribution in [2.24, 2.45) is 4.99 Å². The lowest BCUT2D eigenvalue weighted by Gasteiger charge is -2.22. The van der Waals surface area contributed by atoms with Gasteiger partial charge in [-0.25, -0.2) is 4.98 Å². The normalized spacial score (nSPS) is 12.8. The molecular weight excluding hydrogens is 465 g/mol. The maximum atomic E-state index is 5.33. The molecular formula is C17H34IN5O2S. The lowest BCUT2D eigenvalue weighted by atomic mass is 10.4. The molecule has 9 heteroatoms. The molecule has 1 rings (SSSR count). The second kappa shape index (κ2) is 14.6. The minimum Gasteiger partial charge on any atom is -0.383 e. The van der Waals surface area contributed by atoms with Gasteiger partial charge in [0, 0.05) is 46.3 Å². The third-order valence-corrected chi connectivity index (χ3v) is 4.84. The van der Waals surface area contributed by atoms with Gasteiger partial charge in [-0.2, -0.15) is 0 Å². The van der Waals surface area contributed by atoms with E-state index in [0.29, 0.717) is 0 Å². The summed E-state index contributed by atoms with van der Waals surface area (Å²) in [7, 11) is 7.55. The van der Waals surface area contributed by atoms with E-state index in [-0.39, 0.29) is 30.1 Å². The van der Waals surface area contributed by atoms with Crippen molar-refractivity contribution in [3.8, 4) is 0 Å². The first-order chi connectivity index (χ1) is 12.0. The van der Waals surface area contributed by atoms with Crippen LogP contribution in [0.4, 0.5) is 0 Å². The Bertz CT molecular complexity index is 515. The number of rotatable bonds is 11. The lowest BCUT2D eigenvalue weighted by molar-refractivity contribution is 0.119. The van der Waals surface area contributed by atoms with Crippen LogP contribution in [0, 0.1) is 0 Å². The van der Waals surface area contributed by atoms with Gasteiger partial charge in [-0.3, -0.25) is 4.99 Å². The maximum Gasteiger partial charge on any atom is 0.194 e. The summed E-state index contributed by atoms with van der Waals surface area (Å²) in [5, 5.41) is 6.44. The first-order valence-electron chi connectivity index (χ1n) is 8.65. The molecule has 1 aromatic heterocycles. The van der Waals surface area contributed by atoms with Crippen LogP contribution in [0.3, 0.4) is 0 Å². The molecule has 0 aromatic carbocycles. The fraction of sp³-hybridized carbons (Fsp3) is 0.765. The predicted octanol–water partition coefficient (Wildman–Crippen LogP) is 2.44. The van der Waals surface area contributed by atoms with E-state index in [0.717, 1.165) is 56.0 Å². The molecule has 0 fully saturated rings. The minimum atomic E-state index is 0. The van der Waals surface area contributed by atoms with Crippen LogP contribution < -0.4 is 5.32 Å². The van der Waals surface area contributed by atoms with Gasteiger partial charge in [0.1, 0.15) is 11.1 Å². The Labute approximate surface area is 179 Å². The summed E-state index contributed by atoms with van der Waals surface area (Å²) in [6.45, 7) is 8.95. The smallest absolute Gasteiger partial charge is 0.194 e. The number of thiazole rings is 1. The first-order valence-corrected chi connectivity index (χ1v) is 9.53. The lowest BCUT2D eigenvalue weighted by Crippen LogP contribution is -2.39. The topological polar surface area (TPSA) is 62.2 Å². The Morgan fingerprint density at radius 3 is 2.69 bits per heavy atom. The molecule has 0 saturated carbocycles. The summed E-state index contributed by atoms with van der Waals surface area (Å²) in [6.07, 6.45) is 0.0357. The summed E-state index contributed by atoms with van der Waals surface area (Å²) in [6, 6.07) is 0. The molecule has 152 valence electrons. The molecule has 0 aliphatic carbocycles. The highest BCUT2D eigenvalue weighted by atomic mass is 127. The van der Waals surface area contributed by atoms with Crippen molar-refractivity contribution in [2.75, 3.05) is 61.1 Å². The van der Waals surface area contributed by atoms with Crippen molar-refractivity contribution < 1.29 is 9.47 Å². The second-order valence-corrected chi connectivity index (χ2v) is 6.83. The molecule has 1 N–H and O–H groups in total. The van der Waals surface area contributed by atoms with E-state index < -0.39 is 0 Å². The molecule has 0 aliphatic rings. The van der Waals surface area contributed by atoms with Crippen LogP contribution >= 0.6 is 35.3 Å². The number of methoxy groups -OCH3 is 2. The highest BCUT2D eigenvalue weighted by Gasteiger charge is 2.12. The molecule has 1 unspecified atom stereocenters. The fourth-order valence-electron chi connectivity index (χ4n) is 2.16. The zero-order valence-electron chi connectivity index (χ0n) is 16.8. The van der Waals surface area contributed by atoms with E-state index in [1.54, 1.807) is 25.6 Å². The van der Waals surface area contributed by atoms with E-state index in [4.69, 9.17) is 14.5 Å². The number of guanidine groups is 1. The van der Waals surface area contributed by atoms with Crippen molar-refractivity contribution in [1.29, 1.82) is 0 Å². The number of hydrogen-bond acceptors (Lipinski definition) is 6.